The van der Waals surface area contributed by atoms with E-state index in [1.165, 1.54) is 0 Å². The molecule has 6 nitrogen and oxygen atoms in total. The van der Waals surface area contributed by atoms with Gasteiger partial charge in [-0.1, -0.05) is 133 Å². The first kappa shape index (κ1) is 40.9. The fraction of sp³-hybridized carbons (Fsp3) is 0. The lowest BCUT2D eigenvalue weighted by Crippen LogP contribution is -2.13. The summed E-state index contributed by atoms with van der Waals surface area (Å²) in [5.41, 5.74) is 14.1. The van der Waals surface area contributed by atoms with Crippen LogP contribution >= 0.6 is 0 Å². The van der Waals surface area contributed by atoms with Crippen molar-refractivity contribution < 1.29 is 8.83 Å². The lowest BCUT2D eigenvalue weighted by atomic mass is 9.91. The molecular formula is C66H38N4O2. The molecule has 0 aliphatic heterocycles. The zero-order valence-electron chi connectivity index (χ0n) is 38.5. The summed E-state index contributed by atoms with van der Waals surface area (Å²) in [6, 6.07) is 84.5. The van der Waals surface area contributed by atoms with E-state index in [0.29, 0.717) is 11.1 Å². The number of benzene rings is 12. The van der Waals surface area contributed by atoms with Crippen LogP contribution in [0.4, 0.5) is 34.1 Å². The van der Waals surface area contributed by atoms with Gasteiger partial charge in [0.2, 0.25) is 0 Å². The second kappa shape index (κ2) is 16.2. The van der Waals surface area contributed by atoms with Crippen molar-refractivity contribution in [2.24, 2.45) is 0 Å². The van der Waals surface area contributed by atoms with E-state index in [1.807, 2.05) is 97.1 Å². The Balaban J connectivity index is 1.05. The topological polar surface area (TPSA) is 80.3 Å². The summed E-state index contributed by atoms with van der Waals surface area (Å²) in [5.74, 6) is 0. The molecule has 0 atom stereocenters. The number of nitriles is 2. The molecule has 14 rings (SSSR count). The Labute approximate surface area is 413 Å². The summed E-state index contributed by atoms with van der Waals surface area (Å²) < 4.78 is 12.7. The Morgan fingerprint density at radius 1 is 0.306 bits per heavy atom. The van der Waals surface area contributed by atoms with Gasteiger partial charge in [-0.25, -0.2) is 0 Å². The Morgan fingerprint density at radius 2 is 0.694 bits per heavy atom. The van der Waals surface area contributed by atoms with Gasteiger partial charge >= 0.3 is 0 Å². The molecule has 0 saturated carbocycles. The second-order valence-electron chi connectivity index (χ2n) is 18.2. The van der Waals surface area contributed by atoms with Crippen LogP contribution in [0.15, 0.2) is 239 Å². The Morgan fingerprint density at radius 3 is 1.14 bits per heavy atom. The molecule has 0 amide bonds. The predicted octanol–water partition coefficient (Wildman–Crippen LogP) is 18.4. The van der Waals surface area contributed by atoms with Crippen LogP contribution in [-0.2, 0) is 0 Å². The standard InChI is InChI=1S/C66H38N4O2/c67-39-41-19-29-59(53(35-41)43-11-3-1-4-12-43)69(47-25-33-63-55(37-47)49-15-7-9-17-61(49)71-63)57-31-23-45-22-28-52-58(32-24-46-21-27-51(57)65(45)66(46)52)70(48-26-34-64-56(38-48)50-16-8-10-18-62(50)72-64)60-30-20-42(40-68)36-54(60)44-13-5-2-6-14-44/h1-38H. The molecule has 0 saturated heterocycles. The van der Waals surface area contributed by atoms with E-state index in [4.69, 9.17) is 8.83 Å². The summed E-state index contributed by atoms with van der Waals surface area (Å²) in [4.78, 5) is 4.69. The number of para-hydroxylation sites is 2. The molecule has 12 aromatic carbocycles. The fourth-order valence-electron chi connectivity index (χ4n) is 11.0. The molecule has 2 aromatic heterocycles. The SMILES string of the molecule is N#Cc1ccc(N(c2ccc3oc4ccccc4c3c2)c2ccc3ccc4c(N(c5ccc6oc7ccccc7c6c5)c5ccc(C#N)cc5-c5ccccc5)ccc5ccc2c3c54)c(-c2ccccc2)c1. The maximum Gasteiger partial charge on any atom is 0.135 e. The summed E-state index contributed by atoms with van der Waals surface area (Å²) in [6.45, 7) is 0. The number of fused-ring (bicyclic) bond motifs is 6. The van der Waals surface area contributed by atoms with Gasteiger partial charge in [0.15, 0.2) is 0 Å². The third-order valence-electron chi connectivity index (χ3n) is 14.2. The van der Waals surface area contributed by atoms with Crippen LogP contribution in [0.3, 0.4) is 0 Å². The van der Waals surface area contributed by atoms with Crippen LogP contribution in [0.25, 0.3) is 98.4 Å². The van der Waals surface area contributed by atoms with Crippen LogP contribution < -0.4 is 9.80 Å². The van der Waals surface area contributed by atoms with Crippen LogP contribution in [0.2, 0.25) is 0 Å². The van der Waals surface area contributed by atoms with E-state index in [0.717, 1.165) is 133 Å². The van der Waals surface area contributed by atoms with E-state index in [1.54, 1.807) is 0 Å². The molecule has 14 aromatic rings. The maximum absolute atomic E-state index is 10.3. The van der Waals surface area contributed by atoms with Gasteiger partial charge in [0.05, 0.1) is 46.0 Å². The number of hydrogen-bond acceptors (Lipinski definition) is 6. The molecule has 0 bridgehead atoms. The van der Waals surface area contributed by atoms with Gasteiger partial charge in [-0.15, -0.1) is 0 Å². The minimum Gasteiger partial charge on any atom is -0.456 e. The van der Waals surface area contributed by atoms with Gasteiger partial charge in [0.25, 0.3) is 0 Å². The van der Waals surface area contributed by atoms with Crippen LogP contribution in [0.1, 0.15) is 11.1 Å². The molecule has 0 aliphatic carbocycles. The highest BCUT2D eigenvalue weighted by molar-refractivity contribution is 6.28. The minimum absolute atomic E-state index is 0.582. The highest BCUT2D eigenvalue weighted by atomic mass is 16.3. The van der Waals surface area contributed by atoms with Gasteiger partial charge < -0.3 is 18.6 Å². The van der Waals surface area contributed by atoms with Crippen molar-refractivity contribution in [1.82, 2.24) is 0 Å². The molecule has 0 unspecified atom stereocenters. The summed E-state index contributed by atoms with van der Waals surface area (Å²) in [5, 5.41) is 31.3. The van der Waals surface area contributed by atoms with Crippen molar-refractivity contribution in [3.63, 3.8) is 0 Å². The minimum atomic E-state index is 0.582. The van der Waals surface area contributed by atoms with Gasteiger partial charge in [0.1, 0.15) is 22.3 Å². The second-order valence-corrected chi connectivity index (χ2v) is 18.2. The average molecular weight is 919 g/mol. The molecule has 0 radical (unpaired) electrons. The quantitative estimate of drug-likeness (QED) is 0.141. The number of anilines is 6. The van der Waals surface area contributed by atoms with Crippen molar-refractivity contribution in [2.45, 2.75) is 0 Å². The molecule has 72 heavy (non-hydrogen) atoms. The summed E-state index contributed by atoms with van der Waals surface area (Å²) >= 11 is 0. The molecule has 334 valence electrons. The molecule has 0 aliphatic rings. The van der Waals surface area contributed by atoms with Gasteiger partial charge in [-0.3, -0.25) is 0 Å². The van der Waals surface area contributed by atoms with Crippen molar-refractivity contribution in [1.29, 1.82) is 10.5 Å². The Bertz CT molecular complexity index is 4270. The van der Waals surface area contributed by atoms with Gasteiger partial charge in [-0.05, 0) is 130 Å². The van der Waals surface area contributed by atoms with Crippen LogP contribution in [0, 0.1) is 22.7 Å². The highest BCUT2D eigenvalue weighted by Gasteiger charge is 2.26. The van der Waals surface area contributed by atoms with E-state index >= 15 is 0 Å². The van der Waals surface area contributed by atoms with Crippen molar-refractivity contribution >= 4 is 110 Å². The Kier molecular flexibility index (Phi) is 9.23. The zero-order chi connectivity index (χ0) is 47.9. The van der Waals surface area contributed by atoms with Crippen molar-refractivity contribution in [2.75, 3.05) is 9.80 Å². The lowest BCUT2D eigenvalue weighted by molar-refractivity contribution is 0.668. The monoisotopic (exact) mass is 918 g/mol. The molecular weight excluding hydrogens is 881 g/mol. The zero-order valence-corrected chi connectivity index (χ0v) is 38.5. The first-order valence-corrected chi connectivity index (χ1v) is 23.9. The lowest BCUT2D eigenvalue weighted by Gasteiger charge is -2.31. The third kappa shape index (κ3) is 6.41. The van der Waals surface area contributed by atoms with Crippen LogP contribution in [0.5, 0.6) is 0 Å². The Hall–Kier alpha value is -10.1. The van der Waals surface area contributed by atoms with Crippen molar-refractivity contribution in [3.05, 3.63) is 242 Å². The number of furan rings is 2. The smallest absolute Gasteiger partial charge is 0.135 e. The van der Waals surface area contributed by atoms with Gasteiger partial charge in [-0.2, -0.15) is 10.5 Å². The number of nitrogens with zero attached hydrogens (tertiary/aromatic N) is 4. The van der Waals surface area contributed by atoms with E-state index in [2.05, 4.69) is 155 Å². The van der Waals surface area contributed by atoms with E-state index in [-0.39, 0.29) is 0 Å². The third-order valence-corrected chi connectivity index (χ3v) is 14.2. The molecule has 0 fully saturated rings. The number of rotatable bonds is 8. The summed E-state index contributed by atoms with van der Waals surface area (Å²) in [7, 11) is 0. The van der Waals surface area contributed by atoms with Crippen molar-refractivity contribution in [3.8, 4) is 34.4 Å². The molecule has 0 N–H and O–H groups in total. The maximum atomic E-state index is 10.3. The molecule has 0 spiro atoms. The highest BCUT2D eigenvalue weighted by Crippen LogP contribution is 2.51. The average Bonchev–Trinajstić information content (AvgIpc) is 4.02. The fourth-order valence-corrected chi connectivity index (χ4v) is 11.0. The predicted molar refractivity (Wildman–Crippen MR) is 294 cm³/mol. The normalized spacial score (nSPS) is 11.6. The largest absolute Gasteiger partial charge is 0.456 e. The van der Waals surface area contributed by atoms with Gasteiger partial charge in [0, 0.05) is 54.8 Å². The molecule has 2 heterocycles. The van der Waals surface area contributed by atoms with E-state index < -0.39 is 0 Å². The van der Waals surface area contributed by atoms with Crippen LogP contribution in [-0.4, -0.2) is 0 Å². The van der Waals surface area contributed by atoms with E-state index in [9.17, 15) is 10.5 Å². The first-order valence-electron chi connectivity index (χ1n) is 23.9. The molecule has 6 heteroatoms. The number of hydrogen-bond donors (Lipinski definition) is 0. The first-order chi connectivity index (χ1) is 35.6. The summed E-state index contributed by atoms with van der Waals surface area (Å²) in [6.07, 6.45) is 0.